The van der Waals surface area contributed by atoms with Crippen molar-refractivity contribution in [3.05, 3.63) is 40.9 Å². The van der Waals surface area contributed by atoms with Crippen LogP contribution in [0, 0.1) is 5.92 Å². The molecule has 0 aliphatic carbocycles. The summed E-state index contributed by atoms with van der Waals surface area (Å²) in [5, 5.41) is 3.45. The fourth-order valence-electron chi connectivity index (χ4n) is 2.91. The number of hydrogen-bond acceptors (Lipinski definition) is 4. The van der Waals surface area contributed by atoms with E-state index in [-0.39, 0.29) is 30.4 Å². The van der Waals surface area contributed by atoms with E-state index in [2.05, 4.69) is 5.32 Å². The third-order valence-corrected chi connectivity index (χ3v) is 6.08. The first-order valence-electron chi connectivity index (χ1n) is 8.92. The Morgan fingerprint density at radius 2 is 1.96 bits per heavy atom. The van der Waals surface area contributed by atoms with E-state index in [0.717, 1.165) is 18.4 Å². The Morgan fingerprint density at radius 1 is 1.26 bits per heavy atom. The molecule has 0 atom stereocenters. The van der Waals surface area contributed by atoms with E-state index in [1.807, 2.05) is 6.07 Å². The van der Waals surface area contributed by atoms with Crippen molar-refractivity contribution in [1.82, 2.24) is 9.62 Å². The van der Waals surface area contributed by atoms with Gasteiger partial charge in [0.25, 0.3) is 0 Å². The summed E-state index contributed by atoms with van der Waals surface area (Å²) in [5.74, 6) is -0.0120. The molecule has 1 aromatic rings. The van der Waals surface area contributed by atoms with Crippen LogP contribution in [-0.4, -0.2) is 50.3 Å². The Labute approximate surface area is 165 Å². The number of ketones is 1. The highest BCUT2D eigenvalue weighted by Gasteiger charge is 2.24. The summed E-state index contributed by atoms with van der Waals surface area (Å²) in [6.45, 7) is 1.50. The number of halogens is 1. The quantitative estimate of drug-likeness (QED) is 0.665. The van der Waals surface area contributed by atoms with Gasteiger partial charge in [-0.25, -0.2) is 12.7 Å². The second-order valence-electron chi connectivity index (χ2n) is 6.76. The van der Waals surface area contributed by atoms with Gasteiger partial charge < -0.3 is 5.32 Å². The van der Waals surface area contributed by atoms with E-state index in [1.54, 1.807) is 24.3 Å². The number of nitrogens with one attached hydrogen (secondary N) is 1. The van der Waals surface area contributed by atoms with Gasteiger partial charge in [0.2, 0.25) is 15.9 Å². The van der Waals surface area contributed by atoms with Gasteiger partial charge in [-0.1, -0.05) is 29.8 Å². The first-order valence-corrected chi connectivity index (χ1v) is 11.1. The molecule has 1 saturated heterocycles. The predicted molar refractivity (Wildman–Crippen MR) is 107 cm³/mol. The van der Waals surface area contributed by atoms with E-state index in [1.165, 1.54) is 16.6 Å². The van der Waals surface area contributed by atoms with Crippen molar-refractivity contribution in [1.29, 1.82) is 0 Å². The zero-order valence-electron chi connectivity index (χ0n) is 15.4. The molecular weight excluding hydrogens is 388 g/mol. The van der Waals surface area contributed by atoms with E-state index >= 15 is 0 Å². The third-order valence-electron chi connectivity index (χ3n) is 4.54. The molecule has 148 valence electrons. The minimum atomic E-state index is -3.13. The van der Waals surface area contributed by atoms with Gasteiger partial charge in [-0.15, -0.1) is 0 Å². The number of amides is 1. The molecule has 2 rings (SSSR count). The number of allylic oxidation sites excluding steroid dienone is 1. The molecular formula is C19H25ClN2O4S. The van der Waals surface area contributed by atoms with Crippen LogP contribution in [0.3, 0.4) is 0 Å². The Kier molecular flexibility index (Phi) is 8.01. The van der Waals surface area contributed by atoms with Gasteiger partial charge in [-0.2, -0.15) is 0 Å². The van der Waals surface area contributed by atoms with Gasteiger partial charge in [0.1, 0.15) is 0 Å². The van der Waals surface area contributed by atoms with Crippen LogP contribution in [0.25, 0.3) is 6.08 Å². The molecule has 1 aliphatic heterocycles. The average Bonchev–Trinajstić information content (AvgIpc) is 2.62. The van der Waals surface area contributed by atoms with Gasteiger partial charge in [0.15, 0.2) is 5.78 Å². The number of carbonyl (C=O) groups excluding carboxylic acids is 2. The van der Waals surface area contributed by atoms with Crippen molar-refractivity contribution < 1.29 is 18.0 Å². The molecule has 1 aromatic carbocycles. The number of sulfonamides is 1. The van der Waals surface area contributed by atoms with Gasteiger partial charge in [0.05, 0.1) is 6.26 Å². The van der Waals surface area contributed by atoms with E-state index in [4.69, 9.17) is 11.6 Å². The smallest absolute Gasteiger partial charge is 0.220 e. The number of benzene rings is 1. The Balaban J connectivity index is 1.65. The second kappa shape index (κ2) is 10.0. The van der Waals surface area contributed by atoms with Crippen molar-refractivity contribution in [2.45, 2.75) is 25.7 Å². The minimum absolute atomic E-state index is 0.119. The van der Waals surface area contributed by atoms with Crippen LogP contribution in [0.5, 0.6) is 0 Å². The van der Waals surface area contributed by atoms with E-state index < -0.39 is 10.0 Å². The second-order valence-corrected chi connectivity index (χ2v) is 9.18. The molecule has 0 unspecified atom stereocenters. The molecule has 6 nitrogen and oxygen atoms in total. The predicted octanol–water partition coefficient (Wildman–Crippen LogP) is 2.49. The van der Waals surface area contributed by atoms with Crippen molar-refractivity contribution in [2.24, 2.45) is 5.92 Å². The SMILES string of the molecule is CS(=O)(=O)N1CCC(CNC(=O)CCC(=O)/C=C/c2cccc(Cl)c2)CC1. The number of hydrogen-bond donors (Lipinski definition) is 1. The van der Waals surface area contributed by atoms with Crippen molar-refractivity contribution in [3.8, 4) is 0 Å². The van der Waals surface area contributed by atoms with Gasteiger partial charge in [-0.3, -0.25) is 9.59 Å². The van der Waals surface area contributed by atoms with Crippen LogP contribution in [0.1, 0.15) is 31.2 Å². The lowest BCUT2D eigenvalue weighted by Gasteiger charge is -2.30. The van der Waals surface area contributed by atoms with Crippen LogP contribution in [0.4, 0.5) is 0 Å². The molecule has 1 heterocycles. The van der Waals surface area contributed by atoms with E-state index in [0.29, 0.717) is 24.7 Å². The highest BCUT2D eigenvalue weighted by molar-refractivity contribution is 7.88. The third kappa shape index (κ3) is 7.82. The Hall–Kier alpha value is -1.70. The van der Waals surface area contributed by atoms with Gasteiger partial charge in [-0.05, 0) is 42.5 Å². The van der Waals surface area contributed by atoms with E-state index in [9.17, 15) is 18.0 Å². The van der Waals surface area contributed by atoms with Crippen molar-refractivity contribution in [3.63, 3.8) is 0 Å². The normalized spacial score (nSPS) is 16.5. The van der Waals surface area contributed by atoms with Gasteiger partial charge in [0, 0.05) is 37.5 Å². The van der Waals surface area contributed by atoms with Crippen LogP contribution in [-0.2, 0) is 19.6 Å². The first kappa shape index (κ1) is 21.6. The Morgan fingerprint density at radius 3 is 2.59 bits per heavy atom. The molecule has 8 heteroatoms. The number of rotatable bonds is 8. The lowest BCUT2D eigenvalue weighted by Crippen LogP contribution is -2.41. The van der Waals surface area contributed by atoms with Gasteiger partial charge >= 0.3 is 0 Å². The maximum Gasteiger partial charge on any atom is 0.220 e. The summed E-state index contributed by atoms with van der Waals surface area (Å²) >= 11 is 5.89. The summed E-state index contributed by atoms with van der Waals surface area (Å²) in [6, 6.07) is 7.17. The average molecular weight is 413 g/mol. The Bertz CT molecular complexity index is 800. The highest BCUT2D eigenvalue weighted by Crippen LogP contribution is 2.18. The van der Waals surface area contributed by atoms with Crippen molar-refractivity contribution >= 4 is 39.4 Å². The van der Waals surface area contributed by atoms with Crippen molar-refractivity contribution in [2.75, 3.05) is 25.9 Å². The zero-order chi connectivity index (χ0) is 19.9. The summed E-state index contributed by atoms with van der Waals surface area (Å²) in [7, 11) is -3.13. The molecule has 1 fully saturated rings. The number of carbonyl (C=O) groups is 2. The van der Waals surface area contributed by atoms with Crippen LogP contribution in [0.15, 0.2) is 30.3 Å². The van der Waals surface area contributed by atoms with Crippen LogP contribution in [0.2, 0.25) is 5.02 Å². The fourth-order valence-corrected chi connectivity index (χ4v) is 3.98. The minimum Gasteiger partial charge on any atom is -0.356 e. The first-order chi connectivity index (χ1) is 12.7. The number of piperidine rings is 1. The standard InChI is InChI=1S/C19H25ClN2O4S/c1-27(25,26)22-11-9-16(10-12-22)14-21-19(24)8-7-18(23)6-5-15-3-2-4-17(20)13-15/h2-6,13,16H,7-12,14H2,1H3,(H,21,24)/b6-5+. The highest BCUT2D eigenvalue weighted by atomic mass is 35.5. The molecule has 0 bridgehead atoms. The molecule has 1 amide bonds. The fraction of sp³-hybridized carbons (Fsp3) is 0.474. The summed E-state index contributed by atoms with van der Waals surface area (Å²) in [6.07, 6.45) is 6.11. The lowest BCUT2D eigenvalue weighted by molar-refractivity contribution is -0.124. The molecule has 0 aromatic heterocycles. The van der Waals surface area contributed by atoms with Crippen LogP contribution >= 0.6 is 11.6 Å². The summed E-state index contributed by atoms with van der Waals surface area (Å²) < 4.78 is 24.4. The molecule has 1 aliphatic rings. The maximum absolute atomic E-state index is 11.9. The monoisotopic (exact) mass is 412 g/mol. The molecule has 0 spiro atoms. The molecule has 0 radical (unpaired) electrons. The zero-order valence-corrected chi connectivity index (χ0v) is 16.9. The maximum atomic E-state index is 11.9. The molecule has 27 heavy (non-hydrogen) atoms. The number of nitrogens with zero attached hydrogens (tertiary/aromatic N) is 1. The molecule has 1 N–H and O–H groups in total. The molecule has 0 saturated carbocycles. The summed E-state index contributed by atoms with van der Waals surface area (Å²) in [5.41, 5.74) is 0.834. The topological polar surface area (TPSA) is 83.6 Å². The largest absolute Gasteiger partial charge is 0.356 e. The summed E-state index contributed by atoms with van der Waals surface area (Å²) in [4.78, 5) is 23.8. The lowest BCUT2D eigenvalue weighted by atomic mass is 9.98. The van der Waals surface area contributed by atoms with Crippen LogP contribution < -0.4 is 5.32 Å².